The Bertz CT molecular complexity index is 504. The van der Waals surface area contributed by atoms with Crippen molar-refractivity contribution in [3.8, 4) is 0 Å². The van der Waals surface area contributed by atoms with Crippen LogP contribution in [0.5, 0.6) is 0 Å². The van der Waals surface area contributed by atoms with Gasteiger partial charge in [-0.1, -0.05) is 0 Å². The summed E-state index contributed by atoms with van der Waals surface area (Å²) in [6.07, 6.45) is 2.16. The number of pyridine rings is 1. The minimum Gasteiger partial charge on any atom is -0.370 e. The fraction of sp³-hybridized carbons (Fsp3) is 0.385. The van der Waals surface area contributed by atoms with Crippen molar-refractivity contribution >= 4 is 5.82 Å². The average Bonchev–Trinajstić information content (AvgIpc) is 2.66. The maximum Gasteiger partial charge on any atom is 0.141 e. The topological polar surface area (TPSA) is 42.7 Å². The van der Waals surface area contributed by atoms with E-state index in [2.05, 4.69) is 28.4 Å². The third-order valence-electron chi connectivity index (χ3n) is 2.68. The lowest BCUT2D eigenvalue weighted by Gasteiger charge is -2.06. The van der Waals surface area contributed by atoms with Crippen LogP contribution in [-0.4, -0.2) is 21.3 Å². The standard InChI is InChI=1S/C13H17FN4/c1-10-8-11(2)18(17-10)7-3-6-15-13-5-4-12(14)9-16-13/h4-5,8-9H,3,6-7H2,1-2H3,(H,15,16). The molecule has 0 aliphatic heterocycles. The van der Waals surface area contributed by atoms with Crippen LogP contribution >= 0.6 is 0 Å². The SMILES string of the molecule is Cc1cc(C)n(CCCNc2ccc(F)cn2)n1. The molecule has 0 radical (unpaired) electrons. The minimum atomic E-state index is -0.316. The first kappa shape index (κ1) is 12.5. The number of rotatable bonds is 5. The summed E-state index contributed by atoms with van der Waals surface area (Å²) in [6, 6.07) is 5.10. The molecule has 0 aromatic carbocycles. The van der Waals surface area contributed by atoms with Gasteiger partial charge in [-0.15, -0.1) is 0 Å². The molecule has 0 saturated heterocycles. The van der Waals surface area contributed by atoms with Crippen molar-refractivity contribution in [1.82, 2.24) is 14.8 Å². The Morgan fingerprint density at radius 2 is 2.17 bits per heavy atom. The van der Waals surface area contributed by atoms with Crippen LogP contribution in [0.2, 0.25) is 0 Å². The second-order valence-corrected chi connectivity index (χ2v) is 4.29. The zero-order valence-electron chi connectivity index (χ0n) is 10.7. The maximum absolute atomic E-state index is 12.6. The molecule has 0 aliphatic carbocycles. The summed E-state index contributed by atoms with van der Waals surface area (Å²) in [4.78, 5) is 3.94. The van der Waals surface area contributed by atoms with E-state index in [-0.39, 0.29) is 5.82 Å². The van der Waals surface area contributed by atoms with Gasteiger partial charge in [0, 0.05) is 18.8 Å². The summed E-state index contributed by atoms with van der Waals surface area (Å²) in [7, 11) is 0. The van der Waals surface area contributed by atoms with Gasteiger partial charge >= 0.3 is 0 Å². The summed E-state index contributed by atoms with van der Waals surface area (Å²) >= 11 is 0. The molecule has 2 aromatic rings. The highest BCUT2D eigenvalue weighted by atomic mass is 19.1. The summed E-state index contributed by atoms with van der Waals surface area (Å²) < 4.78 is 14.6. The van der Waals surface area contributed by atoms with Gasteiger partial charge in [-0.25, -0.2) is 9.37 Å². The van der Waals surface area contributed by atoms with E-state index in [4.69, 9.17) is 0 Å². The van der Waals surface area contributed by atoms with Crippen molar-refractivity contribution in [1.29, 1.82) is 0 Å². The Balaban J connectivity index is 1.76. The number of hydrogen-bond acceptors (Lipinski definition) is 3. The molecule has 0 amide bonds. The highest BCUT2D eigenvalue weighted by Crippen LogP contribution is 2.05. The van der Waals surface area contributed by atoms with Crippen LogP contribution in [0.1, 0.15) is 17.8 Å². The molecule has 18 heavy (non-hydrogen) atoms. The Morgan fingerprint density at radius 3 is 2.78 bits per heavy atom. The lowest BCUT2D eigenvalue weighted by atomic mass is 10.3. The largest absolute Gasteiger partial charge is 0.370 e. The highest BCUT2D eigenvalue weighted by Gasteiger charge is 2.00. The van der Waals surface area contributed by atoms with Gasteiger partial charge in [0.2, 0.25) is 0 Å². The first-order valence-electron chi connectivity index (χ1n) is 6.01. The quantitative estimate of drug-likeness (QED) is 0.827. The zero-order valence-corrected chi connectivity index (χ0v) is 10.7. The Labute approximate surface area is 106 Å². The summed E-state index contributed by atoms with van der Waals surface area (Å²) in [6.45, 7) is 5.70. The molecule has 0 unspecified atom stereocenters. The fourth-order valence-corrected chi connectivity index (χ4v) is 1.83. The van der Waals surface area contributed by atoms with E-state index in [0.29, 0.717) is 5.82 Å². The first-order chi connectivity index (χ1) is 8.65. The molecule has 0 fully saturated rings. The van der Waals surface area contributed by atoms with Crippen LogP contribution in [0, 0.1) is 19.7 Å². The lowest BCUT2D eigenvalue weighted by molar-refractivity contribution is 0.573. The molecular weight excluding hydrogens is 231 g/mol. The molecule has 0 spiro atoms. The van der Waals surface area contributed by atoms with Gasteiger partial charge in [-0.2, -0.15) is 5.10 Å². The third-order valence-corrected chi connectivity index (χ3v) is 2.68. The Morgan fingerprint density at radius 1 is 1.33 bits per heavy atom. The molecule has 2 aromatic heterocycles. The van der Waals surface area contributed by atoms with Gasteiger partial charge in [0.15, 0.2) is 0 Å². The summed E-state index contributed by atoms with van der Waals surface area (Å²) in [5, 5.41) is 7.54. The molecule has 0 saturated carbocycles. The predicted molar refractivity (Wildman–Crippen MR) is 69.0 cm³/mol. The average molecular weight is 248 g/mol. The number of aryl methyl sites for hydroxylation is 3. The van der Waals surface area contributed by atoms with E-state index >= 15 is 0 Å². The van der Waals surface area contributed by atoms with Crippen LogP contribution in [0.4, 0.5) is 10.2 Å². The van der Waals surface area contributed by atoms with Crippen LogP contribution in [0.25, 0.3) is 0 Å². The second kappa shape index (κ2) is 5.62. The third kappa shape index (κ3) is 3.29. The van der Waals surface area contributed by atoms with Crippen LogP contribution < -0.4 is 5.32 Å². The number of anilines is 1. The van der Waals surface area contributed by atoms with Gasteiger partial charge in [-0.05, 0) is 38.5 Å². The Kier molecular flexibility index (Phi) is 3.92. The van der Waals surface area contributed by atoms with Crippen molar-refractivity contribution in [2.75, 3.05) is 11.9 Å². The van der Waals surface area contributed by atoms with E-state index in [9.17, 15) is 4.39 Å². The van der Waals surface area contributed by atoms with Crippen LogP contribution in [0.3, 0.4) is 0 Å². The van der Waals surface area contributed by atoms with Gasteiger partial charge < -0.3 is 5.32 Å². The van der Waals surface area contributed by atoms with Gasteiger partial charge in [0.1, 0.15) is 11.6 Å². The molecule has 0 aliphatic rings. The maximum atomic E-state index is 12.6. The predicted octanol–water partition coefficient (Wildman–Crippen LogP) is 2.54. The van der Waals surface area contributed by atoms with Crippen LogP contribution in [-0.2, 0) is 6.54 Å². The zero-order chi connectivity index (χ0) is 13.0. The number of nitrogens with zero attached hydrogens (tertiary/aromatic N) is 3. The van der Waals surface area contributed by atoms with E-state index in [0.717, 1.165) is 25.2 Å². The minimum absolute atomic E-state index is 0.316. The summed E-state index contributed by atoms with van der Waals surface area (Å²) in [5.41, 5.74) is 2.22. The van der Waals surface area contributed by atoms with Gasteiger partial charge in [-0.3, -0.25) is 4.68 Å². The monoisotopic (exact) mass is 248 g/mol. The first-order valence-corrected chi connectivity index (χ1v) is 6.01. The molecule has 4 nitrogen and oxygen atoms in total. The van der Waals surface area contributed by atoms with E-state index in [1.54, 1.807) is 6.07 Å². The van der Waals surface area contributed by atoms with Crippen molar-refractivity contribution in [3.63, 3.8) is 0 Å². The summed E-state index contributed by atoms with van der Waals surface area (Å²) in [5.74, 6) is 0.382. The van der Waals surface area contributed by atoms with E-state index < -0.39 is 0 Å². The van der Waals surface area contributed by atoms with Crippen molar-refractivity contribution < 1.29 is 4.39 Å². The van der Waals surface area contributed by atoms with Crippen molar-refractivity contribution in [2.24, 2.45) is 0 Å². The molecule has 1 N–H and O–H groups in total. The lowest BCUT2D eigenvalue weighted by Crippen LogP contribution is -2.09. The number of nitrogens with one attached hydrogen (secondary N) is 1. The molecule has 96 valence electrons. The molecule has 0 bridgehead atoms. The van der Waals surface area contributed by atoms with E-state index in [1.807, 2.05) is 11.6 Å². The van der Waals surface area contributed by atoms with Crippen molar-refractivity contribution in [3.05, 3.63) is 41.6 Å². The smallest absolute Gasteiger partial charge is 0.141 e. The molecule has 0 atom stereocenters. The highest BCUT2D eigenvalue weighted by molar-refractivity contribution is 5.33. The Hall–Kier alpha value is -1.91. The normalized spacial score (nSPS) is 10.6. The molecule has 2 rings (SSSR count). The van der Waals surface area contributed by atoms with Crippen molar-refractivity contribution in [2.45, 2.75) is 26.8 Å². The van der Waals surface area contributed by atoms with Crippen LogP contribution in [0.15, 0.2) is 24.4 Å². The second-order valence-electron chi connectivity index (χ2n) is 4.29. The number of halogens is 1. The van der Waals surface area contributed by atoms with E-state index in [1.165, 1.54) is 18.0 Å². The molecule has 5 heteroatoms. The molecular formula is C13H17FN4. The van der Waals surface area contributed by atoms with Gasteiger partial charge in [0.25, 0.3) is 0 Å². The number of aromatic nitrogens is 3. The molecule has 2 heterocycles. The number of hydrogen-bond donors (Lipinski definition) is 1. The van der Waals surface area contributed by atoms with Gasteiger partial charge in [0.05, 0.1) is 11.9 Å². The fourth-order valence-electron chi connectivity index (χ4n) is 1.83.